The third-order valence-corrected chi connectivity index (χ3v) is 6.83. The molecule has 2 aliphatic rings. The minimum Gasteiger partial charge on any atom is -0.254 e. The van der Waals surface area contributed by atoms with Gasteiger partial charge in [-0.15, -0.1) is 0 Å². The lowest BCUT2D eigenvalue weighted by atomic mass is 9.71. The maximum absolute atomic E-state index is 5.07. The number of aliphatic imine (C=N–C) groups is 1. The normalized spacial score (nSPS) is 18.1. The molecule has 0 bridgehead atoms. The van der Waals surface area contributed by atoms with Gasteiger partial charge in [0.25, 0.3) is 0 Å². The molecule has 3 heterocycles. The van der Waals surface area contributed by atoms with Crippen LogP contribution in [0.4, 0.5) is 5.69 Å². The zero-order valence-corrected chi connectivity index (χ0v) is 18.3. The van der Waals surface area contributed by atoms with Crippen LogP contribution in [-0.2, 0) is 0 Å². The molecule has 1 aliphatic carbocycles. The number of fused-ring (bicyclic) bond motifs is 6. The molecule has 160 valence electrons. The summed E-state index contributed by atoms with van der Waals surface area (Å²) in [6.07, 6.45) is 9.97. The van der Waals surface area contributed by atoms with Crippen molar-refractivity contribution in [1.82, 2.24) is 15.0 Å². The second-order valence-electron chi connectivity index (χ2n) is 8.71. The van der Waals surface area contributed by atoms with E-state index >= 15 is 0 Å². The highest BCUT2D eigenvalue weighted by Crippen LogP contribution is 2.47. The fourth-order valence-corrected chi connectivity index (χ4v) is 5.26. The summed E-state index contributed by atoms with van der Waals surface area (Å²) in [7, 11) is 0. The first-order valence-corrected chi connectivity index (χ1v) is 11.5. The molecular weight excluding hydrogens is 416 g/mol. The van der Waals surface area contributed by atoms with Crippen molar-refractivity contribution in [3.05, 3.63) is 126 Å². The van der Waals surface area contributed by atoms with Gasteiger partial charge in [0.15, 0.2) is 0 Å². The summed E-state index contributed by atoms with van der Waals surface area (Å²) in [5, 5.41) is 2.21. The largest absolute Gasteiger partial charge is 0.254 e. The minimum absolute atomic E-state index is 0.112. The summed E-state index contributed by atoms with van der Waals surface area (Å²) in [5.74, 6) is 0.326. The smallest absolute Gasteiger partial charge is 0.108 e. The SMILES string of the molecule is C1=CC2C(c3cnc(-c4nccc5ccccc45)cn3)=Nc3ccccc3C2c2ccccc21. The van der Waals surface area contributed by atoms with Gasteiger partial charge in [0.05, 0.1) is 29.5 Å². The Kier molecular flexibility index (Phi) is 4.24. The maximum atomic E-state index is 5.07. The summed E-state index contributed by atoms with van der Waals surface area (Å²) in [6.45, 7) is 0. The molecule has 2 atom stereocenters. The van der Waals surface area contributed by atoms with E-state index in [9.17, 15) is 0 Å². The minimum atomic E-state index is 0.112. The van der Waals surface area contributed by atoms with Gasteiger partial charge < -0.3 is 0 Å². The van der Waals surface area contributed by atoms with Crippen molar-refractivity contribution in [1.29, 1.82) is 0 Å². The highest BCUT2D eigenvalue weighted by atomic mass is 14.9. The van der Waals surface area contributed by atoms with Gasteiger partial charge in [0.2, 0.25) is 0 Å². The number of hydrogen-bond acceptors (Lipinski definition) is 4. The van der Waals surface area contributed by atoms with Crippen molar-refractivity contribution >= 4 is 28.2 Å². The number of benzene rings is 3. The predicted molar refractivity (Wildman–Crippen MR) is 136 cm³/mol. The molecule has 2 aromatic heterocycles. The summed E-state index contributed by atoms with van der Waals surface area (Å²) in [5.41, 5.74) is 8.23. The van der Waals surface area contributed by atoms with Crippen LogP contribution in [0.2, 0.25) is 0 Å². The average Bonchev–Trinajstić information content (AvgIpc) is 2.92. The molecule has 7 rings (SSSR count). The molecule has 0 amide bonds. The van der Waals surface area contributed by atoms with Crippen LogP contribution in [0.25, 0.3) is 28.2 Å². The lowest BCUT2D eigenvalue weighted by Crippen LogP contribution is -2.28. The van der Waals surface area contributed by atoms with E-state index in [1.165, 1.54) is 16.7 Å². The van der Waals surface area contributed by atoms with Crippen LogP contribution in [0.1, 0.15) is 28.3 Å². The zero-order chi connectivity index (χ0) is 22.5. The van der Waals surface area contributed by atoms with Gasteiger partial charge in [-0.1, -0.05) is 78.9 Å². The Morgan fingerprint density at radius 2 is 1.41 bits per heavy atom. The van der Waals surface area contributed by atoms with E-state index in [0.717, 1.165) is 39.3 Å². The second kappa shape index (κ2) is 7.56. The number of nitrogens with zero attached hydrogens (tertiary/aromatic N) is 4. The summed E-state index contributed by atoms with van der Waals surface area (Å²) in [6, 6.07) is 27.3. The van der Waals surface area contributed by atoms with Gasteiger partial charge >= 0.3 is 0 Å². The number of aromatic nitrogens is 3. The van der Waals surface area contributed by atoms with Crippen LogP contribution in [0.3, 0.4) is 0 Å². The van der Waals surface area contributed by atoms with E-state index in [0.29, 0.717) is 0 Å². The topological polar surface area (TPSA) is 51.0 Å². The van der Waals surface area contributed by atoms with Crippen LogP contribution < -0.4 is 0 Å². The third kappa shape index (κ3) is 2.92. The van der Waals surface area contributed by atoms with Crippen LogP contribution in [-0.4, -0.2) is 20.7 Å². The Labute approximate surface area is 197 Å². The zero-order valence-electron chi connectivity index (χ0n) is 18.3. The summed E-state index contributed by atoms with van der Waals surface area (Å²) < 4.78 is 0. The van der Waals surface area contributed by atoms with Crippen LogP contribution >= 0.6 is 0 Å². The number of pyridine rings is 1. The van der Waals surface area contributed by atoms with Gasteiger partial charge in [-0.2, -0.15) is 0 Å². The number of para-hydroxylation sites is 1. The van der Waals surface area contributed by atoms with Gasteiger partial charge in [-0.05, 0) is 34.2 Å². The molecule has 0 fully saturated rings. The first kappa shape index (κ1) is 19.1. The molecule has 0 saturated heterocycles. The molecule has 0 spiro atoms. The van der Waals surface area contributed by atoms with E-state index in [1.54, 1.807) is 0 Å². The van der Waals surface area contributed by atoms with Crippen molar-refractivity contribution in [3.63, 3.8) is 0 Å². The first-order valence-electron chi connectivity index (χ1n) is 11.5. The molecule has 34 heavy (non-hydrogen) atoms. The monoisotopic (exact) mass is 436 g/mol. The molecular formula is C30H20N4. The third-order valence-electron chi connectivity index (χ3n) is 6.83. The lowest BCUT2D eigenvalue weighted by Gasteiger charge is -2.35. The van der Waals surface area contributed by atoms with Crippen molar-refractivity contribution in [2.75, 3.05) is 0 Å². The highest BCUT2D eigenvalue weighted by Gasteiger charge is 2.36. The Morgan fingerprint density at radius 1 is 0.647 bits per heavy atom. The van der Waals surface area contributed by atoms with Gasteiger partial charge in [0.1, 0.15) is 11.4 Å². The molecule has 0 saturated carbocycles. The quantitative estimate of drug-likeness (QED) is 0.313. The summed E-state index contributed by atoms with van der Waals surface area (Å²) >= 11 is 0. The molecule has 4 nitrogen and oxygen atoms in total. The molecule has 2 unspecified atom stereocenters. The van der Waals surface area contributed by atoms with Crippen LogP contribution in [0.15, 0.2) is 109 Å². The molecule has 4 heteroatoms. The Bertz CT molecular complexity index is 1610. The van der Waals surface area contributed by atoms with Crippen molar-refractivity contribution in [2.24, 2.45) is 10.9 Å². The number of rotatable bonds is 2. The van der Waals surface area contributed by atoms with Gasteiger partial charge in [0, 0.05) is 23.4 Å². The van der Waals surface area contributed by atoms with Crippen LogP contribution in [0, 0.1) is 5.92 Å². The van der Waals surface area contributed by atoms with E-state index in [2.05, 4.69) is 71.7 Å². The van der Waals surface area contributed by atoms with Gasteiger partial charge in [-0.3, -0.25) is 19.9 Å². The predicted octanol–water partition coefficient (Wildman–Crippen LogP) is 6.60. The van der Waals surface area contributed by atoms with Crippen molar-refractivity contribution in [3.8, 4) is 11.4 Å². The van der Waals surface area contributed by atoms with Crippen molar-refractivity contribution < 1.29 is 0 Å². The van der Waals surface area contributed by atoms with Gasteiger partial charge in [-0.25, -0.2) is 0 Å². The lowest BCUT2D eigenvalue weighted by molar-refractivity contribution is 0.698. The summed E-state index contributed by atoms with van der Waals surface area (Å²) in [4.78, 5) is 19.3. The number of hydrogen-bond donors (Lipinski definition) is 0. The molecule has 0 N–H and O–H groups in total. The molecule has 0 radical (unpaired) electrons. The maximum Gasteiger partial charge on any atom is 0.108 e. The van der Waals surface area contributed by atoms with E-state index in [4.69, 9.17) is 15.0 Å². The van der Waals surface area contributed by atoms with Crippen molar-refractivity contribution in [2.45, 2.75) is 5.92 Å². The molecule has 5 aromatic rings. The molecule has 3 aromatic carbocycles. The highest BCUT2D eigenvalue weighted by molar-refractivity contribution is 6.06. The van der Waals surface area contributed by atoms with E-state index < -0.39 is 0 Å². The molecule has 1 aliphatic heterocycles. The van der Waals surface area contributed by atoms with E-state index in [1.807, 2.05) is 42.9 Å². The fourth-order valence-electron chi connectivity index (χ4n) is 5.26. The van der Waals surface area contributed by atoms with Crippen LogP contribution in [0.5, 0.6) is 0 Å². The Balaban J connectivity index is 1.35. The number of allylic oxidation sites excluding steroid dienone is 1. The second-order valence-corrected chi connectivity index (χ2v) is 8.71. The average molecular weight is 437 g/mol. The Hall–Kier alpha value is -4.44. The fraction of sp³-hybridized carbons (Fsp3) is 0.0667. The standard InChI is InChI=1S/C30H20N4/c1-3-9-21-19(7-1)13-14-24-28(21)23-11-5-6-12-25(23)34-30(24)27-18-32-26(17-33-27)29-22-10-4-2-8-20(22)15-16-31-29/h1-18,24,28H. The Morgan fingerprint density at radius 3 is 2.32 bits per heavy atom. The van der Waals surface area contributed by atoms with E-state index in [-0.39, 0.29) is 11.8 Å². The first-order chi connectivity index (χ1) is 16.9.